The Balaban J connectivity index is 3.98. The number of carbonyl (C=O) groups excluding carboxylic acids is 2. The Morgan fingerprint density at radius 3 is 2.32 bits per heavy atom. The quantitative estimate of drug-likeness (QED) is 0.399. The van der Waals surface area contributed by atoms with Crippen molar-refractivity contribution in [2.45, 2.75) is 32.5 Å². The van der Waals surface area contributed by atoms with Gasteiger partial charge in [0, 0.05) is 5.57 Å². The van der Waals surface area contributed by atoms with Gasteiger partial charge in [-0.05, 0) is 20.8 Å². The van der Waals surface area contributed by atoms with Crippen molar-refractivity contribution in [1.29, 1.82) is 0 Å². The Hall–Kier alpha value is -1.77. The van der Waals surface area contributed by atoms with Gasteiger partial charge in [0.1, 0.15) is 13.3 Å². The number of ether oxygens (including phenoxy) is 3. The van der Waals surface area contributed by atoms with Crippen molar-refractivity contribution >= 4 is 12.1 Å². The van der Waals surface area contributed by atoms with E-state index in [4.69, 9.17) is 0 Å². The summed E-state index contributed by atoms with van der Waals surface area (Å²) in [6.07, 6.45) is -4.97. The molecule has 0 bridgehead atoms. The fourth-order valence-corrected chi connectivity index (χ4v) is 1.08. The molecule has 0 aromatic carbocycles. The summed E-state index contributed by atoms with van der Waals surface area (Å²) in [6.45, 7) is 4.29. The molecule has 22 heavy (non-hydrogen) atoms. The molecule has 0 saturated heterocycles. The second-order valence-corrected chi connectivity index (χ2v) is 5.05. The van der Waals surface area contributed by atoms with Gasteiger partial charge in [-0.1, -0.05) is 6.58 Å². The molecule has 0 spiro atoms. The van der Waals surface area contributed by atoms with Gasteiger partial charge in [-0.25, -0.2) is 14.0 Å². The summed E-state index contributed by atoms with van der Waals surface area (Å²) in [6, 6.07) is 0. The Labute approximate surface area is 126 Å². The van der Waals surface area contributed by atoms with Gasteiger partial charge in [0.2, 0.25) is 0 Å². The van der Waals surface area contributed by atoms with Crippen LogP contribution < -0.4 is 5.32 Å². The number of nitrogens with one attached hydrogen (secondary N) is 1. The molecule has 0 aliphatic heterocycles. The zero-order valence-corrected chi connectivity index (χ0v) is 12.7. The molecule has 0 heterocycles. The summed E-state index contributed by atoms with van der Waals surface area (Å²) in [5.74, 6) is -0.636. The third kappa shape index (κ3) is 9.22. The van der Waals surface area contributed by atoms with Crippen molar-refractivity contribution < 1.29 is 37.0 Å². The van der Waals surface area contributed by atoms with E-state index < -0.39 is 37.1 Å². The molecular weight excluding hydrogens is 307 g/mol. The highest BCUT2D eigenvalue weighted by atomic mass is 19.3. The maximum absolute atomic E-state index is 13.3. The first kappa shape index (κ1) is 20.2. The van der Waals surface area contributed by atoms with Crippen LogP contribution in [0, 0.1) is 0 Å². The molecule has 0 aliphatic rings. The van der Waals surface area contributed by atoms with E-state index >= 15 is 0 Å². The fraction of sp³-hybridized carbons (Fsp3) is 0.692. The topological polar surface area (TPSA) is 73.9 Å². The Morgan fingerprint density at radius 2 is 1.82 bits per heavy atom. The molecule has 6 nitrogen and oxygen atoms in total. The average Bonchev–Trinajstić information content (AvgIpc) is 2.40. The number of alkyl halides is 3. The smallest absolute Gasteiger partial charge is 0.407 e. The molecule has 0 aromatic rings. The van der Waals surface area contributed by atoms with Crippen molar-refractivity contribution in [3.8, 4) is 0 Å². The molecule has 0 aliphatic carbocycles. The van der Waals surface area contributed by atoms with E-state index in [0.29, 0.717) is 0 Å². The van der Waals surface area contributed by atoms with Gasteiger partial charge in [-0.15, -0.1) is 0 Å². The largest absolute Gasteiger partial charge is 0.460 e. The van der Waals surface area contributed by atoms with Crippen LogP contribution in [-0.2, 0) is 19.0 Å². The highest BCUT2D eigenvalue weighted by Gasteiger charge is 2.39. The van der Waals surface area contributed by atoms with Crippen LogP contribution >= 0.6 is 0 Å². The average molecular weight is 327 g/mol. The monoisotopic (exact) mass is 327 g/mol. The molecule has 0 fully saturated rings. The molecule has 0 radical (unpaired) electrons. The second-order valence-electron chi connectivity index (χ2n) is 5.05. The van der Waals surface area contributed by atoms with Crippen LogP contribution in [-0.4, -0.2) is 50.2 Å². The zero-order valence-electron chi connectivity index (χ0n) is 12.7. The van der Waals surface area contributed by atoms with Gasteiger partial charge in [-0.3, -0.25) is 0 Å². The summed E-state index contributed by atoms with van der Waals surface area (Å²) in [5, 5.41) is 2.10. The van der Waals surface area contributed by atoms with Gasteiger partial charge in [0.15, 0.2) is 6.61 Å². The fourth-order valence-electron chi connectivity index (χ4n) is 1.08. The van der Waals surface area contributed by atoms with Crippen molar-refractivity contribution in [3.63, 3.8) is 0 Å². The second kappa shape index (κ2) is 8.62. The summed E-state index contributed by atoms with van der Waals surface area (Å²) in [5.41, 5.74) is -1.50. The normalized spacial score (nSPS) is 11.7. The number of halogens is 3. The lowest BCUT2D eigenvalue weighted by Gasteiger charge is -2.27. The van der Waals surface area contributed by atoms with E-state index in [9.17, 15) is 22.8 Å². The lowest BCUT2D eigenvalue weighted by atomic mass is 10.2. The van der Waals surface area contributed by atoms with Gasteiger partial charge in [0.05, 0.1) is 12.1 Å². The molecule has 128 valence electrons. The molecule has 0 saturated carbocycles. The summed E-state index contributed by atoms with van der Waals surface area (Å²) in [7, 11) is 0. The number of esters is 1. The van der Waals surface area contributed by atoms with Gasteiger partial charge < -0.3 is 19.5 Å². The van der Waals surface area contributed by atoms with Crippen LogP contribution in [0.4, 0.5) is 18.0 Å². The summed E-state index contributed by atoms with van der Waals surface area (Å²) >= 11 is 0. The molecule has 0 unspecified atom stereocenters. The maximum atomic E-state index is 13.3. The number of hydrogen-bond donors (Lipinski definition) is 1. The van der Waals surface area contributed by atoms with E-state index in [1.807, 2.05) is 0 Å². The third-order valence-corrected chi connectivity index (χ3v) is 2.07. The van der Waals surface area contributed by atoms with Gasteiger partial charge in [0.25, 0.3) is 0 Å². The number of rotatable bonds is 9. The summed E-state index contributed by atoms with van der Waals surface area (Å²) < 4.78 is 52.1. The minimum atomic E-state index is -3.82. The molecule has 0 rings (SSSR count). The van der Waals surface area contributed by atoms with Crippen LogP contribution in [0.3, 0.4) is 0 Å². The Kier molecular flexibility index (Phi) is 7.93. The Morgan fingerprint density at radius 1 is 1.23 bits per heavy atom. The number of hydrogen-bond acceptors (Lipinski definition) is 5. The minimum Gasteiger partial charge on any atom is -0.460 e. The van der Waals surface area contributed by atoms with Gasteiger partial charge >= 0.3 is 18.2 Å². The number of carbonyl (C=O) groups is 2. The first-order valence-corrected chi connectivity index (χ1v) is 6.36. The Bertz CT molecular complexity index is 412. The van der Waals surface area contributed by atoms with E-state index in [1.165, 1.54) is 6.92 Å². The number of alkyl carbamates (subject to hydrolysis) is 1. The molecule has 0 aromatic heterocycles. The van der Waals surface area contributed by atoms with Crippen LogP contribution in [0.2, 0.25) is 0 Å². The molecule has 1 N–H and O–H groups in total. The maximum Gasteiger partial charge on any atom is 0.407 e. The van der Waals surface area contributed by atoms with Crippen molar-refractivity contribution in [3.05, 3.63) is 12.2 Å². The zero-order chi connectivity index (χ0) is 17.4. The predicted molar refractivity (Wildman–Crippen MR) is 71.2 cm³/mol. The highest BCUT2D eigenvalue weighted by Crippen LogP contribution is 2.24. The third-order valence-electron chi connectivity index (χ3n) is 2.07. The molecule has 1 amide bonds. The SMILES string of the molecule is C=C(C)C(=O)OCCNC(=O)OCC(F)(F)OC(C)(C)CF. The van der Waals surface area contributed by atoms with Crippen LogP contribution in [0.25, 0.3) is 0 Å². The summed E-state index contributed by atoms with van der Waals surface area (Å²) in [4.78, 5) is 22.1. The lowest BCUT2D eigenvalue weighted by Crippen LogP contribution is -2.41. The van der Waals surface area contributed by atoms with E-state index in [2.05, 4.69) is 26.1 Å². The molecule has 0 atom stereocenters. The van der Waals surface area contributed by atoms with Crippen molar-refractivity contribution in [2.24, 2.45) is 0 Å². The van der Waals surface area contributed by atoms with Crippen molar-refractivity contribution in [1.82, 2.24) is 5.32 Å². The minimum absolute atomic E-state index is 0.125. The van der Waals surface area contributed by atoms with E-state index in [-0.39, 0.29) is 18.7 Å². The lowest BCUT2D eigenvalue weighted by molar-refractivity contribution is -0.302. The van der Waals surface area contributed by atoms with Crippen molar-refractivity contribution in [2.75, 3.05) is 26.4 Å². The standard InChI is InChI=1S/C13H20F3NO5/c1-9(2)10(18)20-6-5-17-11(19)21-8-13(15,16)22-12(3,4)7-14/h1,5-8H2,2-4H3,(H,17,19). The first-order chi connectivity index (χ1) is 9.99. The predicted octanol–water partition coefficient (Wildman–Crippen LogP) is 2.19. The molecule has 9 heteroatoms. The van der Waals surface area contributed by atoms with E-state index in [0.717, 1.165) is 13.8 Å². The van der Waals surface area contributed by atoms with Crippen LogP contribution in [0.1, 0.15) is 20.8 Å². The van der Waals surface area contributed by atoms with E-state index in [1.54, 1.807) is 0 Å². The van der Waals surface area contributed by atoms with Crippen LogP contribution in [0.5, 0.6) is 0 Å². The highest BCUT2D eigenvalue weighted by molar-refractivity contribution is 5.86. The van der Waals surface area contributed by atoms with Crippen LogP contribution in [0.15, 0.2) is 12.2 Å². The van der Waals surface area contributed by atoms with Gasteiger partial charge in [-0.2, -0.15) is 8.78 Å². The first-order valence-electron chi connectivity index (χ1n) is 6.36. The number of amides is 1. The molecular formula is C13H20F3NO5.